The summed E-state index contributed by atoms with van der Waals surface area (Å²) in [5.74, 6) is 0. The second-order valence-corrected chi connectivity index (χ2v) is 4.41. The Labute approximate surface area is 115 Å². The fraction of sp³-hybridized carbons (Fsp3) is 0.538. The highest BCUT2D eigenvalue weighted by atomic mass is 19.4. The lowest BCUT2D eigenvalue weighted by Gasteiger charge is -2.16. The molecule has 0 saturated heterocycles. The van der Waals surface area contributed by atoms with Crippen LogP contribution in [0.3, 0.4) is 0 Å². The van der Waals surface area contributed by atoms with Crippen LogP contribution in [0.2, 0.25) is 0 Å². The molecule has 0 spiro atoms. The van der Waals surface area contributed by atoms with E-state index in [1.54, 1.807) is 0 Å². The number of ether oxygens (including phenoxy) is 1. The van der Waals surface area contributed by atoms with Crippen molar-refractivity contribution in [2.24, 2.45) is 0 Å². The van der Waals surface area contributed by atoms with E-state index in [0.29, 0.717) is 0 Å². The van der Waals surface area contributed by atoms with Gasteiger partial charge in [-0.2, -0.15) is 13.2 Å². The molecule has 1 rings (SSSR count). The third kappa shape index (κ3) is 5.46. The molecule has 0 saturated carbocycles. The Balaban J connectivity index is 2.53. The van der Waals surface area contributed by atoms with Crippen molar-refractivity contribution in [3.63, 3.8) is 0 Å². The lowest BCUT2D eigenvalue weighted by Crippen LogP contribution is -2.32. The van der Waals surface area contributed by atoms with Crippen LogP contribution < -0.4 is 5.32 Å². The van der Waals surface area contributed by atoms with Crippen molar-refractivity contribution in [3.8, 4) is 0 Å². The summed E-state index contributed by atoms with van der Waals surface area (Å²) < 4.78 is 42.3. The lowest BCUT2D eigenvalue weighted by atomic mass is 10.1. The van der Waals surface area contributed by atoms with Crippen LogP contribution in [-0.2, 0) is 10.9 Å². The van der Waals surface area contributed by atoms with Gasteiger partial charge < -0.3 is 20.3 Å². The summed E-state index contributed by atoms with van der Waals surface area (Å²) in [6, 6.07) is 4.54. The molecule has 0 aliphatic heterocycles. The first-order chi connectivity index (χ1) is 9.34. The monoisotopic (exact) mass is 293 g/mol. The standard InChI is InChI=1S/C13H18F3NO3/c1-20-8-11(18)6-17-7-12(19)9-3-2-4-10(5-9)13(14,15)16/h2-5,11-12,17-19H,6-8H2,1H3. The fourth-order valence-electron chi connectivity index (χ4n) is 1.68. The Hall–Kier alpha value is -1.15. The molecule has 1 aromatic rings. The second-order valence-electron chi connectivity index (χ2n) is 4.41. The maximum atomic E-state index is 12.5. The normalized spacial score (nSPS) is 15.1. The van der Waals surface area contributed by atoms with Crippen LogP contribution in [0.15, 0.2) is 24.3 Å². The second kappa shape index (κ2) is 7.58. The fourth-order valence-corrected chi connectivity index (χ4v) is 1.68. The molecule has 0 aliphatic rings. The van der Waals surface area contributed by atoms with Crippen LogP contribution in [0, 0.1) is 0 Å². The molecular weight excluding hydrogens is 275 g/mol. The number of aliphatic hydroxyl groups is 2. The number of benzene rings is 1. The number of alkyl halides is 3. The molecule has 0 fully saturated rings. The lowest BCUT2D eigenvalue weighted by molar-refractivity contribution is -0.137. The van der Waals surface area contributed by atoms with Gasteiger partial charge in [0.2, 0.25) is 0 Å². The minimum Gasteiger partial charge on any atom is -0.389 e. The summed E-state index contributed by atoms with van der Waals surface area (Å²) in [4.78, 5) is 0. The number of halogens is 3. The largest absolute Gasteiger partial charge is 0.416 e. The van der Waals surface area contributed by atoms with Crippen molar-refractivity contribution in [1.29, 1.82) is 0 Å². The molecule has 114 valence electrons. The first kappa shape index (κ1) is 16.9. The summed E-state index contributed by atoms with van der Waals surface area (Å²) in [5.41, 5.74) is -0.623. The highest BCUT2D eigenvalue weighted by Gasteiger charge is 2.30. The Morgan fingerprint density at radius 2 is 1.95 bits per heavy atom. The van der Waals surface area contributed by atoms with Gasteiger partial charge in [-0.3, -0.25) is 0 Å². The summed E-state index contributed by atoms with van der Waals surface area (Å²) in [5, 5.41) is 21.9. The van der Waals surface area contributed by atoms with Gasteiger partial charge in [-0.15, -0.1) is 0 Å². The van der Waals surface area contributed by atoms with Gasteiger partial charge in [0.15, 0.2) is 0 Å². The van der Waals surface area contributed by atoms with E-state index in [9.17, 15) is 23.4 Å². The van der Waals surface area contributed by atoms with E-state index in [1.807, 2.05) is 0 Å². The molecular formula is C13H18F3NO3. The van der Waals surface area contributed by atoms with E-state index in [4.69, 9.17) is 4.74 Å². The van der Waals surface area contributed by atoms with Crippen molar-refractivity contribution >= 4 is 0 Å². The molecule has 3 N–H and O–H groups in total. The number of hydrogen-bond acceptors (Lipinski definition) is 4. The zero-order valence-electron chi connectivity index (χ0n) is 11.0. The number of nitrogens with one attached hydrogen (secondary N) is 1. The van der Waals surface area contributed by atoms with Crippen LogP contribution in [0.5, 0.6) is 0 Å². The predicted molar refractivity (Wildman–Crippen MR) is 67.2 cm³/mol. The van der Waals surface area contributed by atoms with Crippen LogP contribution in [-0.4, -0.2) is 43.1 Å². The third-order valence-corrected chi connectivity index (χ3v) is 2.68. The molecule has 0 amide bonds. The topological polar surface area (TPSA) is 61.7 Å². The van der Waals surface area contributed by atoms with Crippen molar-refractivity contribution in [2.75, 3.05) is 26.8 Å². The molecule has 0 radical (unpaired) electrons. The summed E-state index contributed by atoms with van der Waals surface area (Å²) in [7, 11) is 1.45. The molecule has 0 aliphatic carbocycles. The van der Waals surface area contributed by atoms with E-state index in [-0.39, 0.29) is 25.3 Å². The van der Waals surface area contributed by atoms with Gasteiger partial charge in [-0.1, -0.05) is 12.1 Å². The Morgan fingerprint density at radius 1 is 1.25 bits per heavy atom. The van der Waals surface area contributed by atoms with Crippen molar-refractivity contribution < 1.29 is 28.1 Å². The Bertz CT molecular complexity index is 412. The minimum absolute atomic E-state index is 0.0437. The van der Waals surface area contributed by atoms with Gasteiger partial charge in [-0.05, 0) is 17.7 Å². The van der Waals surface area contributed by atoms with E-state index in [2.05, 4.69) is 5.32 Å². The molecule has 0 bridgehead atoms. The van der Waals surface area contributed by atoms with E-state index in [0.717, 1.165) is 12.1 Å². The van der Waals surface area contributed by atoms with Crippen LogP contribution >= 0.6 is 0 Å². The van der Waals surface area contributed by atoms with E-state index >= 15 is 0 Å². The van der Waals surface area contributed by atoms with Gasteiger partial charge in [0, 0.05) is 20.2 Å². The van der Waals surface area contributed by atoms with Crippen LogP contribution in [0.25, 0.3) is 0 Å². The number of rotatable bonds is 7. The van der Waals surface area contributed by atoms with Crippen LogP contribution in [0.1, 0.15) is 17.2 Å². The molecule has 2 atom stereocenters. The van der Waals surface area contributed by atoms with Crippen molar-refractivity contribution in [3.05, 3.63) is 35.4 Å². The molecule has 1 aromatic carbocycles. The van der Waals surface area contributed by atoms with E-state index in [1.165, 1.54) is 19.2 Å². The molecule has 2 unspecified atom stereocenters. The molecule has 0 aromatic heterocycles. The molecule has 7 heteroatoms. The van der Waals surface area contributed by atoms with Crippen molar-refractivity contribution in [1.82, 2.24) is 5.32 Å². The summed E-state index contributed by atoms with van der Waals surface area (Å²) >= 11 is 0. The number of hydrogen-bond donors (Lipinski definition) is 3. The van der Waals surface area contributed by atoms with Gasteiger partial charge in [0.1, 0.15) is 0 Å². The average Bonchev–Trinajstić information content (AvgIpc) is 2.38. The highest BCUT2D eigenvalue weighted by molar-refractivity contribution is 5.27. The predicted octanol–water partition coefficient (Wildman–Crippen LogP) is 1.34. The molecule has 20 heavy (non-hydrogen) atoms. The van der Waals surface area contributed by atoms with E-state index < -0.39 is 23.9 Å². The molecule has 4 nitrogen and oxygen atoms in total. The zero-order chi connectivity index (χ0) is 15.2. The van der Waals surface area contributed by atoms with Gasteiger partial charge in [0.05, 0.1) is 24.4 Å². The highest BCUT2D eigenvalue weighted by Crippen LogP contribution is 2.30. The maximum Gasteiger partial charge on any atom is 0.416 e. The zero-order valence-corrected chi connectivity index (χ0v) is 11.0. The Morgan fingerprint density at radius 3 is 2.55 bits per heavy atom. The SMILES string of the molecule is COCC(O)CNCC(O)c1cccc(C(F)(F)F)c1. The quantitative estimate of drug-likeness (QED) is 0.710. The summed E-state index contributed by atoms with van der Waals surface area (Å²) in [6.45, 7) is 0.374. The maximum absolute atomic E-state index is 12.5. The molecule has 0 heterocycles. The van der Waals surface area contributed by atoms with Crippen LogP contribution in [0.4, 0.5) is 13.2 Å². The number of methoxy groups -OCH3 is 1. The first-order valence-corrected chi connectivity index (χ1v) is 6.07. The van der Waals surface area contributed by atoms with Gasteiger partial charge >= 0.3 is 6.18 Å². The Kier molecular flexibility index (Phi) is 6.41. The average molecular weight is 293 g/mol. The first-order valence-electron chi connectivity index (χ1n) is 6.07. The summed E-state index contributed by atoms with van der Waals surface area (Å²) in [6.07, 6.45) is -6.24. The third-order valence-electron chi connectivity index (χ3n) is 2.68. The smallest absolute Gasteiger partial charge is 0.389 e. The van der Waals surface area contributed by atoms with Gasteiger partial charge in [0.25, 0.3) is 0 Å². The van der Waals surface area contributed by atoms with Gasteiger partial charge in [-0.25, -0.2) is 0 Å². The van der Waals surface area contributed by atoms with Crippen molar-refractivity contribution in [2.45, 2.75) is 18.4 Å². The minimum atomic E-state index is -4.43. The number of aliphatic hydroxyl groups excluding tert-OH is 2.